The Hall–Kier alpha value is -2.07. The van der Waals surface area contributed by atoms with Gasteiger partial charge in [0.2, 0.25) is 5.95 Å². The van der Waals surface area contributed by atoms with Crippen molar-refractivity contribution < 1.29 is 4.39 Å². The molecular weight excluding hydrogens is 265 g/mol. The summed E-state index contributed by atoms with van der Waals surface area (Å²) in [6, 6.07) is 10.7. The van der Waals surface area contributed by atoms with E-state index in [1.807, 2.05) is 31.2 Å². The van der Waals surface area contributed by atoms with Crippen molar-refractivity contribution in [1.29, 1.82) is 0 Å². The van der Waals surface area contributed by atoms with Crippen LogP contribution >= 0.6 is 11.6 Å². The monoisotopic (exact) mass is 275 g/mol. The first-order valence-electron chi connectivity index (χ1n) is 5.76. The lowest BCUT2D eigenvalue weighted by Gasteiger charge is -2.07. The maximum Gasteiger partial charge on any atom is 0.205 e. The van der Waals surface area contributed by atoms with Gasteiger partial charge in [-0.2, -0.15) is 0 Å². The molecule has 0 spiro atoms. The van der Waals surface area contributed by atoms with Crippen LogP contribution in [0.25, 0.3) is 16.7 Å². The lowest BCUT2D eigenvalue weighted by molar-refractivity contribution is 0.630. The molecule has 96 valence electrons. The molecule has 0 aliphatic rings. The quantitative estimate of drug-likeness (QED) is 0.736. The molecule has 0 atom stereocenters. The first kappa shape index (κ1) is 12.0. The lowest BCUT2D eigenvalue weighted by atomic mass is 10.2. The summed E-state index contributed by atoms with van der Waals surface area (Å²) in [6.45, 7) is 2.01. The topological polar surface area (TPSA) is 43.8 Å². The predicted octanol–water partition coefficient (Wildman–Crippen LogP) is 3.71. The van der Waals surface area contributed by atoms with Crippen LogP contribution in [0.1, 0.15) is 5.56 Å². The number of aryl methyl sites for hydroxylation is 1. The van der Waals surface area contributed by atoms with Gasteiger partial charge in [-0.3, -0.25) is 4.57 Å². The number of nitrogens with zero attached hydrogens (tertiary/aromatic N) is 2. The highest BCUT2D eigenvalue weighted by Gasteiger charge is 2.12. The molecule has 0 amide bonds. The molecule has 0 aliphatic heterocycles. The lowest BCUT2D eigenvalue weighted by Crippen LogP contribution is -2.00. The summed E-state index contributed by atoms with van der Waals surface area (Å²) in [6.07, 6.45) is 0. The molecule has 0 unspecified atom stereocenters. The second kappa shape index (κ2) is 4.24. The Bertz CT molecular complexity index is 762. The zero-order valence-corrected chi connectivity index (χ0v) is 10.9. The third kappa shape index (κ3) is 1.94. The summed E-state index contributed by atoms with van der Waals surface area (Å²) in [4.78, 5) is 4.16. The zero-order chi connectivity index (χ0) is 13.6. The van der Waals surface area contributed by atoms with E-state index in [1.165, 1.54) is 12.1 Å². The number of halogens is 2. The van der Waals surface area contributed by atoms with Gasteiger partial charge in [0.25, 0.3) is 0 Å². The van der Waals surface area contributed by atoms with Gasteiger partial charge in [0.05, 0.1) is 16.1 Å². The fourth-order valence-electron chi connectivity index (χ4n) is 2.06. The van der Waals surface area contributed by atoms with E-state index >= 15 is 0 Å². The van der Waals surface area contributed by atoms with Gasteiger partial charge in [0.1, 0.15) is 5.82 Å². The van der Waals surface area contributed by atoms with E-state index in [-0.39, 0.29) is 5.02 Å². The van der Waals surface area contributed by atoms with Crippen LogP contribution in [0.4, 0.5) is 10.3 Å². The second-order valence-corrected chi connectivity index (χ2v) is 4.80. The number of rotatable bonds is 1. The largest absolute Gasteiger partial charge is 0.369 e. The molecule has 2 aromatic carbocycles. The molecule has 3 rings (SSSR count). The fourth-order valence-corrected chi connectivity index (χ4v) is 2.21. The molecule has 19 heavy (non-hydrogen) atoms. The Morgan fingerprint density at radius 2 is 1.89 bits per heavy atom. The van der Waals surface area contributed by atoms with E-state index in [4.69, 9.17) is 17.3 Å². The van der Waals surface area contributed by atoms with E-state index in [1.54, 1.807) is 4.57 Å². The summed E-state index contributed by atoms with van der Waals surface area (Å²) < 4.78 is 15.2. The first-order valence-corrected chi connectivity index (χ1v) is 6.14. The highest BCUT2D eigenvalue weighted by Crippen LogP contribution is 2.27. The van der Waals surface area contributed by atoms with Gasteiger partial charge < -0.3 is 5.73 Å². The van der Waals surface area contributed by atoms with Crippen LogP contribution in [0.3, 0.4) is 0 Å². The molecule has 1 aromatic heterocycles. The van der Waals surface area contributed by atoms with Crippen molar-refractivity contribution in [1.82, 2.24) is 9.55 Å². The van der Waals surface area contributed by atoms with E-state index in [2.05, 4.69) is 4.98 Å². The van der Waals surface area contributed by atoms with E-state index in [0.717, 1.165) is 11.3 Å². The minimum Gasteiger partial charge on any atom is -0.369 e. The van der Waals surface area contributed by atoms with Gasteiger partial charge in [-0.05, 0) is 25.1 Å². The predicted molar refractivity (Wildman–Crippen MR) is 75.2 cm³/mol. The molecule has 5 heteroatoms. The van der Waals surface area contributed by atoms with E-state index in [0.29, 0.717) is 17.0 Å². The van der Waals surface area contributed by atoms with Gasteiger partial charge in [0, 0.05) is 11.8 Å². The van der Waals surface area contributed by atoms with Crippen LogP contribution < -0.4 is 5.73 Å². The molecule has 3 aromatic rings. The van der Waals surface area contributed by atoms with Crippen LogP contribution in [0.5, 0.6) is 0 Å². The van der Waals surface area contributed by atoms with Crippen molar-refractivity contribution >= 4 is 28.6 Å². The molecular formula is C14H11ClFN3. The molecule has 0 saturated carbocycles. The molecule has 2 N–H and O–H groups in total. The minimum absolute atomic E-state index is 0.0563. The van der Waals surface area contributed by atoms with Crippen LogP contribution in [-0.2, 0) is 0 Å². The fraction of sp³-hybridized carbons (Fsp3) is 0.0714. The maximum atomic E-state index is 13.4. The summed E-state index contributed by atoms with van der Waals surface area (Å²) in [7, 11) is 0. The Labute approximate surface area is 114 Å². The molecule has 3 nitrogen and oxygen atoms in total. The SMILES string of the molecule is Cc1ccc(-n2c(N)nc3cc(F)c(Cl)cc32)cc1. The van der Waals surface area contributed by atoms with Gasteiger partial charge in [-0.25, -0.2) is 9.37 Å². The number of benzene rings is 2. The van der Waals surface area contributed by atoms with Crippen LogP contribution in [0.15, 0.2) is 36.4 Å². The first-order chi connectivity index (χ1) is 9.06. The standard InChI is InChI=1S/C14H11ClFN3/c1-8-2-4-9(5-3-8)19-13-6-10(15)11(16)7-12(13)18-14(19)17/h2-7H,1H3,(H2,17,18). The minimum atomic E-state index is -0.497. The third-order valence-electron chi connectivity index (χ3n) is 3.01. The molecule has 1 heterocycles. The van der Waals surface area contributed by atoms with Crippen molar-refractivity contribution in [3.63, 3.8) is 0 Å². The molecule has 0 saturated heterocycles. The van der Waals surface area contributed by atoms with Gasteiger partial charge in [0.15, 0.2) is 0 Å². The Morgan fingerprint density at radius 3 is 2.58 bits per heavy atom. The Morgan fingerprint density at radius 1 is 1.21 bits per heavy atom. The summed E-state index contributed by atoms with van der Waals surface area (Å²) in [5.74, 6) is -0.191. The molecule has 0 aliphatic carbocycles. The van der Waals surface area contributed by atoms with Crippen LogP contribution in [0.2, 0.25) is 5.02 Å². The van der Waals surface area contributed by atoms with Crippen molar-refractivity contribution in [2.45, 2.75) is 6.92 Å². The number of nitrogens with two attached hydrogens (primary N) is 1. The zero-order valence-electron chi connectivity index (χ0n) is 10.2. The number of hydrogen-bond donors (Lipinski definition) is 1. The van der Waals surface area contributed by atoms with Crippen molar-refractivity contribution in [3.05, 3.63) is 52.8 Å². The number of aromatic nitrogens is 2. The average Bonchev–Trinajstić information content (AvgIpc) is 2.67. The number of nitrogen functional groups attached to an aromatic ring is 1. The van der Waals surface area contributed by atoms with Crippen molar-refractivity contribution in [3.8, 4) is 5.69 Å². The number of fused-ring (bicyclic) bond motifs is 1. The smallest absolute Gasteiger partial charge is 0.205 e. The van der Waals surface area contributed by atoms with Gasteiger partial charge in [-0.1, -0.05) is 29.3 Å². The van der Waals surface area contributed by atoms with Crippen molar-refractivity contribution in [2.24, 2.45) is 0 Å². The Balaban J connectivity index is 2.31. The number of imidazole rings is 1. The van der Waals surface area contributed by atoms with Gasteiger partial charge in [-0.15, -0.1) is 0 Å². The van der Waals surface area contributed by atoms with Crippen molar-refractivity contribution in [2.75, 3.05) is 5.73 Å². The summed E-state index contributed by atoms with van der Waals surface area (Å²) >= 11 is 5.82. The third-order valence-corrected chi connectivity index (χ3v) is 3.30. The summed E-state index contributed by atoms with van der Waals surface area (Å²) in [5, 5.41) is 0.0563. The molecule has 0 radical (unpaired) electrons. The normalized spacial score (nSPS) is 11.1. The second-order valence-electron chi connectivity index (χ2n) is 4.40. The number of hydrogen-bond acceptors (Lipinski definition) is 2. The van der Waals surface area contributed by atoms with Gasteiger partial charge >= 0.3 is 0 Å². The maximum absolute atomic E-state index is 13.4. The highest BCUT2D eigenvalue weighted by atomic mass is 35.5. The average molecular weight is 276 g/mol. The Kier molecular flexibility index (Phi) is 2.68. The number of anilines is 1. The summed E-state index contributed by atoms with van der Waals surface area (Å²) in [5.41, 5.74) is 9.10. The van der Waals surface area contributed by atoms with Crippen LogP contribution in [-0.4, -0.2) is 9.55 Å². The molecule has 0 bridgehead atoms. The van der Waals surface area contributed by atoms with E-state index in [9.17, 15) is 4.39 Å². The van der Waals surface area contributed by atoms with Crippen LogP contribution in [0, 0.1) is 12.7 Å². The molecule has 0 fully saturated rings. The van der Waals surface area contributed by atoms with E-state index < -0.39 is 5.82 Å². The highest BCUT2D eigenvalue weighted by molar-refractivity contribution is 6.31.